The molecule has 0 aromatic carbocycles. The number of nitrogen functional groups attached to an aromatic ring is 1. The topological polar surface area (TPSA) is 137 Å². The third-order valence-corrected chi connectivity index (χ3v) is 2.18. The molecule has 17 heavy (non-hydrogen) atoms. The zero-order chi connectivity index (χ0) is 12.4. The number of hydroxylamine groups is 1. The number of H-pyrrole nitrogens is 1. The summed E-state index contributed by atoms with van der Waals surface area (Å²) in [7, 11) is 0. The van der Waals surface area contributed by atoms with Gasteiger partial charge in [-0.1, -0.05) is 0 Å². The third-order valence-electron chi connectivity index (χ3n) is 2.18. The molecule has 9 heteroatoms. The third kappa shape index (κ3) is 2.30. The predicted molar refractivity (Wildman–Crippen MR) is 59.0 cm³/mol. The van der Waals surface area contributed by atoms with Gasteiger partial charge in [-0.2, -0.15) is 4.98 Å². The number of hydrogen-bond donors (Lipinski definition) is 5. The number of nitrogens with zero attached hydrogens (tertiary/aromatic N) is 2. The van der Waals surface area contributed by atoms with Crippen LogP contribution in [-0.2, 0) is 4.84 Å². The summed E-state index contributed by atoms with van der Waals surface area (Å²) in [5.41, 5.74) is 5.23. The maximum Gasteiger partial charge on any atom is 0.278 e. The SMILES string of the molecule is Nc1nc2c(c(=O)[nH]1)NCN2OC(O)CCO. The van der Waals surface area contributed by atoms with Crippen molar-refractivity contribution in [1.82, 2.24) is 9.97 Å². The van der Waals surface area contributed by atoms with Crippen molar-refractivity contribution in [3.63, 3.8) is 0 Å². The Balaban J connectivity index is 2.19. The Morgan fingerprint density at radius 1 is 1.65 bits per heavy atom. The van der Waals surface area contributed by atoms with Gasteiger partial charge in [0.15, 0.2) is 12.1 Å². The van der Waals surface area contributed by atoms with E-state index in [1.165, 1.54) is 5.06 Å². The second-order valence-corrected chi connectivity index (χ2v) is 3.44. The highest BCUT2D eigenvalue weighted by atomic mass is 16.8. The average Bonchev–Trinajstić information content (AvgIpc) is 2.62. The molecule has 2 rings (SSSR count). The minimum Gasteiger partial charge on any atom is -0.396 e. The van der Waals surface area contributed by atoms with Crippen molar-refractivity contribution in [1.29, 1.82) is 0 Å². The maximum atomic E-state index is 11.5. The second kappa shape index (κ2) is 4.57. The lowest BCUT2D eigenvalue weighted by atomic mass is 10.4. The smallest absolute Gasteiger partial charge is 0.278 e. The Hall–Kier alpha value is -1.84. The van der Waals surface area contributed by atoms with Gasteiger partial charge in [0.05, 0.1) is 0 Å². The number of aromatic amines is 1. The van der Waals surface area contributed by atoms with Gasteiger partial charge in [0.2, 0.25) is 5.95 Å². The number of rotatable bonds is 4. The van der Waals surface area contributed by atoms with Crippen molar-refractivity contribution < 1.29 is 15.1 Å². The number of aliphatic hydroxyl groups is 2. The van der Waals surface area contributed by atoms with E-state index < -0.39 is 11.8 Å². The molecular formula is C8H13N5O4. The van der Waals surface area contributed by atoms with Crippen LogP contribution in [0.3, 0.4) is 0 Å². The number of fused-ring (bicyclic) bond motifs is 1. The number of aromatic nitrogens is 2. The highest BCUT2D eigenvalue weighted by molar-refractivity contribution is 5.69. The monoisotopic (exact) mass is 243 g/mol. The first-order valence-electron chi connectivity index (χ1n) is 4.98. The van der Waals surface area contributed by atoms with E-state index >= 15 is 0 Å². The molecule has 0 saturated heterocycles. The van der Waals surface area contributed by atoms with Crippen molar-refractivity contribution in [2.24, 2.45) is 0 Å². The van der Waals surface area contributed by atoms with Crippen LogP contribution in [-0.4, -0.2) is 39.7 Å². The Morgan fingerprint density at radius 2 is 2.41 bits per heavy atom. The Bertz CT molecular complexity index is 462. The van der Waals surface area contributed by atoms with E-state index in [0.29, 0.717) is 0 Å². The maximum absolute atomic E-state index is 11.5. The summed E-state index contributed by atoms with van der Waals surface area (Å²) < 4.78 is 0. The summed E-state index contributed by atoms with van der Waals surface area (Å²) in [6.07, 6.45) is -1.11. The van der Waals surface area contributed by atoms with Gasteiger partial charge in [-0.3, -0.25) is 9.78 Å². The van der Waals surface area contributed by atoms with E-state index in [0.717, 1.165) is 0 Å². The van der Waals surface area contributed by atoms with Gasteiger partial charge >= 0.3 is 0 Å². The number of nitrogens with two attached hydrogens (primary N) is 1. The highest BCUT2D eigenvalue weighted by Crippen LogP contribution is 2.26. The Kier molecular flexibility index (Phi) is 3.13. The van der Waals surface area contributed by atoms with Crippen LogP contribution in [0.15, 0.2) is 4.79 Å². The van der Waals surface area contributed by atoms with E-state index in [4.69, 9.17) is 15.7 Å². The zero-order valence-electron chi connectivity index (χ0n) is 8.88. The van der Waals surface area contributed by atoms with E-state index in [1.54, 1.807) is 0 Å². The minimum absolute atomic E-state index is 0.0392. The van der Waals surface area contributed by atoms with Crippen LogP contribution in [0.2, 0.25) is 0 Å². The van der Waals surface area contributed by atoms with Crippen molar-refractivity contribution >= 4 is 17.5 Å². The lowest BCUT2D eigenvalue weighted by Crippen LogP contribution is -2.30. The molecule has 0 saturated carbocycles. The zero-order valence-corrected chi connectivity index (χ0v) is 8.88. The van der Waals surface area contributed by atoms with Gasteiger partial charge in [0.25, 0.3) is 5.56 Å². The largest absolute Gasteiger partial charge is 0.396 e. The molecular weight excluding hydrogens is 230 g/mol. The van der Waals surface area contributed by atoms with E-state index in [2.05, 4.69) is 15.3 Å². The number of nitrogens with one attached hydrogen (secondary N) is 2. The first-order chi connectivity index (χ1) is 8.11. The molecule has 9 nitrogen and oxygen atoms in total. The van der Waals surface area contributed by atoms with Gasteiger partial charge in [-0.05, 0) is 0 Å². The molecule has 1 atom stereocenters. The molecule has 0 fully saturated rings. The molecule has 1 aliphatic rings. The fourth-order valence-electron chi connectivity index (χ4n) is 1.44. The minimum atomic E-state index is -1.17. The van der Waals surface area contributed by atoms with Gasteiger partial charge in [-0.15, -0.1) is 0 Å². The van der Waals surface area contributed by atoms with Crippen LogP contribution in [0, 0.1) is 0 Å². The van der Waals surface area contributed by atoms with Gasteiger partial charge in [0, 0.05) is 13.0 Å². The number of anilines is 3. The molecule has 0 bridgehead atoms. The normalized spacial score (nSPS) is 15.5. The van der Waals surface area contributed by atoms with Crippen molar-refractivity contribution in [2.75, 3.05) is 29.4 Å². The molecule has 0 radical (unpaired) electrons. The van der Waals surface area contributed by atoms with Gasteiger partial charge in [-0.25, -0.2) is 9.90 Å². The fraction of sp³-hybridized carbons (Fsp3) is 0.500. The lowest BCUT2D eigenvalue weighted by molar-refractivity contribution is -0.117. The summed E-state index contributed by atoms with van der Waals surface area (Å²) in [5.74, 6) is 0.172. The summed E-state index contributed by atoms with van der Waals surface area (Å²) in [6, 6.07) is 0. The van der Waals surface area contributed by atoms with Crippen LogP contribution in [0.5, 0.6) is 0 Å². The molecule has 1 unspecified atom stereocenters. The molecule has 94 valence electrons. The molecule has 0 amide bonds. The van der Waals surface area contributed by atoms with Gasteiger partial charge < -0.3 is 21.3 Å². The predicted octanol–water partition coefficient (Wildman–Crippen LogP) is -1.83. The Labute approximate surface area is 95.8 Å². The van der Waals surface area contributed by atoms with E-state index in [-0.39, 0.29) is 37.1 Å². The number of hydrogen-bond acceptors (Lipinski definition) is 8. The first-order valence-corrected chi connectivity index (χ1v) is 4.98. The summed E-state index contributed by atoms with van der Waals surface area (Å²) in [5, 5.41) is 22.0. The first kappa shape index (κ1) is 11.6. The molecule has 0 spiro atoms. The average molecular weight is 243 g/mol. The molecule has 1 aliphatic heterocycles. The van der Waals surface area contributed by atoms with Gasteiger partial charge in [0.1, 0.15) is 12.4 Å². The standard InChI is InChI=1S/C8H13N5O4/c9-8-11-6-5(7(16)12-8)10-3-13(6)17-4(15)1-2-14/h4,10,14-15H,1-3H2,(H3,9,11,12,16). The summed E-state index contributed by atoms with van der Waals surface area (Å²) in [6.45, 7) is -0.0441. The second-order valence-electron chi connectivity index (χ2n) is 3.44. The van der Waals surface area contributed by atoms with Crippen molar-refractivity contribution in [2.45, 2.75) is 12.7 Å². The highest BCUT2D eigenvalue weighted by Gasteiger charge is 2.26. The Morgan fingerprint density at radius 3 is 3.12 bits per heavy atom. The van der Waals surface area contributed by atoms with E-state index in [1.807, 2.05) is 0 Å². The number of aliphatic hydroxyl groups excluding tert-OH is 2. The summed E-state index contributed by atoms with van der Waals surface area (Å²) in [4.78, 5) is 22.8. The summed E-state index contributed by atoms with van der Waals surface area (Å²) >= 11 is 0. The van der Waals surface area contributed by atoms with Crippen LogP contribution >= 0.6 is 0 Å². The molecule has 1 aromatic heterocycles. The van der Waals surface area contributed by atoms with Crippen LogP contribution in [0.25, 0.3) is 0 Å². The molecule has 2 heterocycles. The van der Waals surface area contributed by atoms with Crippen LogP contribution in [0.1, 0.15) is 6.42 Å². The molecule has 0 aliphatic carbocycles. The molecule has 1 aromatic rings. The molecule has 6 N–H and O–H groups in total. The van der Waals surface area contributed by atoms with E-state index in [9.17, 15) is 9.90 Å². The van der Waals surface area contributed by atoms with Crippen LogP contribution < -0.4 is 21.7 Å². The quantitative estimate of drug-likeness (QED) is 0.390. The van der Waals surface area contributed by atoms with Crippen molar-refractivity contribution in [3.8, 4) is 0 Å². The fourth-order valence-corrected chi connectivity index (χ4v) is 1.44. The van der Waals surface area contributed by atoms with Crippen LogP contribution in [0.4, 0.5) is 17.5 Å². The lowest BCUT2D eigenvalue weighted by Gasteiger charge is -2.19. The van der Waals surface area contributed by atoms with Crippen molar-refractivity contribution in [3.05, 3.63) is 10.4 Å².